The van der Waals surface area contributed by atoms with Crippen LogP contribution >= 0.6 is 0 Å². The zero-order valence-electron chi connectivity index (χ0n) is 24.4. The molecule has 2 aliphatic rings. The van der Waals surface area contributed by atoms with Gasteiger partial charge in [0.05, 0.1) is 23.2 Å². The van der Waals surface area contributed by atoms with Gasteiger partial charge in [-0.25, -0.2) is 0 Å². The molecule has 7 nitrogen and oxygen atoms in total. The lowest BCUT2D eigenvalue weighted by atomic mass is 9.88. The number of rotatable bonds is 4. The van der Waals surface area contributed by atoms with Crippen molar-refractivity contribution in [2.45, 2.75) is 72.4 Å². The summed E-state index contributed by atoms with van der Waals surface area (Å²) in [5.74, 6) is 1.56. The Balaban J connectivity index is 0.000000361. The standard InChI is InChI=1S/C27H26N2O2.C5H12O.CH2O2/c1-3-19-16(2)14-22-20(7-9-24(30)29(22)15-17-4-5-17)26(19)21-6-8-23-25-18(11-13-31-23)10-12-28-27(21)25;1-5(2,3)6-4;2-1-3/h6-10,12,14,17H,3-5,11,13,15H2,1-2H3;1-4H3;1H,(H,2,3). The summed E-state index contributed by atoms with van der Waals surface area (Å²) in [4.78, 5) is 26.0. The van der Waals surface area contributed by atoms with Gasteiger partial charge in [0.1, 0.15) is 5.75 Å². The van der Waals surface area contributed by atoms with E-state index in [1.807, 2.05) is 37.6 Å². The highest BCUT2D eigenvalue weighted by molar-refractivity contribution is 6.07. The fraction of sp³-hybridized carbons (Fsp3) is 0.424. The minimum absolute atomic E-state index is 0.0417. The second-order valence-electron chi connectivity index (χ2n) is 11.4. The number of pyridine rings is 2. The number of carbonyl (C=O) groups is 1. The molecule has 2 aromatic carbocycles. The zero-order chi connectivity index (χ0) is 29.0. The monoisotopic (exact) mass is 544 g/mol. The predicted octanol–water partition coefficient (Wildman–Crippen LogP) is 6.56. The normalized spacial score (nSPS) is 14.1. The third-order valence-corrected chi connectivity index (χ3v) is 7.57. The van der Waals surface area contributed by atoms with Crippen molar-refractivity contribution in [3.8, 4) is 16.9 Å². The van der Waals surface area contributed by atoms with E-state index in [-0.39, 0.29) is 17.6 Å². The van der Waals surface area contributed by atoms with E-state index in [1.54, 1.807) is 13.2 Å². The zero-order valence-corrected chi connectivity index (χ0v) is 24.4. The molecule has 1 saturated carbocycles. The van der Waals surface area contributed by atoms with Gasteiger partial charge in [-0.2, -0.15) is 0 Å². The van der Waals surface area contributed by atoms with Crippen LogP contribution in [0.1, 0.15) is 57.2 Å². The summed E-state index contributed by atoms with van der Waals surface area (Å²) in [6.07, 6.45) is 6.20. The van der Waals surface area contributed by atoms with E-state index in [4.69, 9.17) is 24.4 Å². The minimum atomic E-state index is -0.250. The molecule has 4 aromatic rings. The van der Waals surface area contributed by atoms with Gasteiger partial charge in [0, 0.05) is 48.7 Å². The number of hydrogen-bond donors (Lipinski definition) is 1. The molecular formula is C33H40N2O5. The van der Waals surface area contributed by atoms with Crippen molar-refractivity contribution < 1.29 is 19.4 Å². The molecule has 7 heteroatoms. The first-order chi connectivity index (χ1) is 19.1. The van der Waals surface area contributed by atoms with E-state index in [1.165, 1.54) is 35.1 Å². The second kappa shape index (κ2) is 12.2. The summed E-state index contributed by atoms with van der Waals surface area (Å²) in [6, 6.07) is 12.3. The molecule has 1 N–H and O–H groups in total. The van der Waals surface area contributed by atoms with Gasteiger partial charge in [0.2, 0.25) is 0 Å². The topological polar surface area (TPSA) is 90.7 Å². The summed E-state index contributed by atoms with van der Waals surface area (Å²) in [5.41, 5.74) is 8.38. The SMILES string of the molecule is CCc1c(C)cc2c(ccc(=O)n2CC2CC2)c1-c1ccc2c3c(ccnc13)CCO2.COC(C)(C)C.O=CO. The van der Waals surface area contributed by atoms with Crippen LogP contribution in [0.25, 0.3) is 32.9 Å². The molecule has 212 valence electrons. The maximum absolute atomic E-state index is 12.8. The van der Waals surface area contributed by atoms with Crippen LogP contribution in [-0.4, -0.2) is 40.4 Å². The molecule has 0 amide bonds. The van der Waals surface area contributed by atoms with Crippen LogP contribution in [0, 0.1) is 12.8 Å². The van der Waals surface area contributed by atoms with Gasteiger partial charge >= 0.3 is 0 Å². The van der Waals surface area contributed by atoms with Crippen LogP contribution in [-0.2, 0) is 28.9 Å². The number of hydrogen-bond acceptors (Lipinski definition) is 5. The molecule has 1 aliphatic heterocycles. The van der Waals surface area contributed by atoms with Crippen molar-refractivity contribution >= 4 is 28.3 Å². The van der Waals surface area contributed by atoms with Crippen molar-refractivity contribution in [2.75, 3.05) is 13.7 Å². The number of nitrogens with zero attached hydrogens (tertiary/aromatic N) is 2. The molecule has 0 bridgehead atoms. The molecular weight excluding hydrogens is 504 g/mol. The Bertz CT molecular complexity index is 1570. The predicted molar refractivity (Wildman–Crippen MR) is 160 cm³/mol. The van der Waals surface area contributed by atoms with Crippen molar-refractivity contribution in [3.63, 3.8) is 0 Å². The highest BCUT2D eigenvalue weighted by Crippen LogP contribution is 2.42. The first-order valence-corrected chi connectivity index (χ1v) is 14.0. The Hall–Kier alpha value is -3.71. The van der Waals surface area contributed by atoms with Crippen LogP contribution in [0.3, 0.4) is 0 Å². The summed E-state index contributed by atoms with van der Waals surface area (Å²) in [6.45, 7) is 11.7. The summed E-state index contributed by atoms with van der Waals surface area (Å²) in [5, 5.41) is 9.16. The third kappa shape index (κ3) is 6.20. The van der Waals surface area contributed by atoms with Gasteiger partial charge < -0.3 is 19.1 Å². The quantitative estimate of drug-likeness (QED) is 0.293. The first kappa shape index (κ1) is 29.3. The number of carboxylic acid groups (broad SMARTS) is 1. The molecule has 6 rings (SSSR count). The van der Waals surface area contributed by atoms with E-state index in [2.05, 4.69) is 38.1 Å². The number of benzene rings is 2. The van der Waals surface area contributed by atoms with Crippen LogP contribution in [0.4, 0.5) is 0 Å². The fourth-order valence-corrected chi connectivity index (χ4v) is 5.23. The molecule has 0 atom stereocenters. The minimum Gasteiger partial charge on any atom is -0.493 e. The highest BCUT2D eigenvalue weighted by Gasteiger charge is 2.25. The van der Waals surface area contributed by atoms with Crippen molar-refractivity contribution in [1.82, 2.24) is 9.55 Å². The fourth-order valence-electron chi connectivity index (χ4n) is 5.23. The number of aryl methyl sites for hydroxylation is 1. The average Bonchev–Trinajstić information content (AvgIpc) is 3.75. The van der Waals surface area contributed by atoms with Gasteiger partial charge in [-0.1, -0.05) is 6.92 Å². The number of fused-ring (bicyclic) bond motifs is 1. The maximum atomic E-state index is 12.8. The molecule has 0 spiro atoms. The van der Waals surface area contributed by atoms with E-state index < -0.39 is 0 Å². The summed E-state index contributed by atoms with van der Waals surface area (Å²) < 4.78 is 12.9. The van der Waals surface area contributed by atoms with Crippen LogP contribution in [0.15, 0.2) is 47.4 Å². The molecule has 40 heavy (non-hydrogen) atoms. The van der Waals surface area contributed by atoms with Crippen LogP contribution < -0.4 is 10.3 Å². The molecule has 2 aromatic heterocycles. The van der Waals surface area contributed by atoms with Gasteiger partial charge in [-0.15, -0.1) is 0 Å². The van der Waals surface area contributed by atoms with Gasteiger partial charge in [0.25, 0.3) is 12.0 Å². The smallest absolute Gasteiger partial charge is 0.290 e. The number of ether oxygens (including phenoxy) is 2. The lowest BCUT2D eigenvalue weighted by Crippen LogP contribution is -2.20. The van der Waals surface area contributed by atoms with Crippen molar-refractivity contribution in [1.29, 1.82) is 0 Å². The first-order valence-electron chi connectivity index (χ1n) is 14.0. The van der Waals surface area contributed by atoms with Gasteiger partial charge in [-0.3, -0.25) is 14.6 Å². The van der Waals surface area contributed by atoms with E-state index in [0.29, 0.717) is 12.5 Å². The van der Waals surface area contributed by atoms with E-state index >= 15 is 0 Å². The lowest BCUT2D eigenvalue weighted by Gasteiger charge is -2.22. The Morgan fingerprint density at radius 2 is 1.88 bits per heavy atom. The Morgan fingerprint density at radius 3 is 2.50 bits per heavy atom. The maximum Gasteiger partial charge on any atom is 0.290 e. The van der Waals surface area contributed by atoms with Crippen molar-refractivity contribution in [3.05, 3.63) is 69.6 Å². The van der Waals surface area contributed by atoms with E-state index in [9.17, 15) is 4.79 Å². The third-order valence-electron chi connectivity index (χ3n) is 7.57. The van der Waals surface area contributed by atoms with Crippen LogP contribution in [0.2, 0.25) is 0 Å². The Kier molecular flexibility index (Phi) is 8.94. The molecule has 0 radical (unpaired) electrons. The molecule has 3 heterocycles. The molecule has 0 saturated heterocycles. The number of methoxy groups -OCH3 is 1. The van der Waals surface area contributed by atoms with Gasteiger partial charge in [0.15, 0.2) is 0 Å². The van der Waals surface area contributed by atoms with E-state index in [0.717, 1.165) is 52.5 Å². The van der Waals surface area contributed by atoms with Crippen LogP contribution in [0.5, 0.6) is 5.75 Å². The van der Waals surface area contributed by atoms with Crippen molar-refractivity contribution in [2.24, 2.45) is 5.92 Å². The lowest BCUT2D eigenvalue weighted by molar-refractivity contribution is -0.122. The average molecular weight is 545 g/mol. The Morgan fingerprint density at radius 1 is 1.18 bits per heavy atom. The summed E-state index contributed by atoms with van der Waals surface area (Å²) >= 11 is 0. The molecule has 1 aliphatic carbocycles. The summed E-state index contributed by atoms with van der Waals surface area (Å²) in [7, 11) is 1.71. The van der Waals surface area contributed by atoms with Gasteiger partial charge in [-0.05, 0) is 105 Å². The Labute approximate surface area is 235 Å². The highest BCUT2D eigenvalue weighted by atomic mass is 16.5. The number of aromatic nitrogens is 2. The molecule has 0 unspecified atom stereocenters. The largest absolute Gasteiger partial charge is 0.493 e. The molecule has 1 fully saturated rings. The second-order valence-corrected chi connectivity index (χ2v) is 11.4.